The molecule has 2 aromatic rings. The van der Waals surface area contributed by atoms with Crippen molar-refractivity contribution in [2.45, 2.75) is 110 Å². The Labute approximate surface area is 298 Å². The fraction of sp³-hybridized carbons (Fsp3) is 0.658. The summed E-state index contributed by atoms with van der Waals surface area (Å²) in [5, 5.41) is 17.4. The molecule has 1 aromatic heterocycles. The lowest BCUT2D eigenvalue weighted by Crippen LogP contribution is -2.58. The van der Waals surface area contributed by atoms with E-state index in [0.717, 1.165) is 31.2 Å². The molecule has 0 spiro atoms. The number of hydrogen-bond donors (Lipinski definition) is 4. The van der Waals surface area contributed by atoms with Crippen LogP contribution in [0.5, 0.6) is 0 Å². The van der Waals surface area contributed by atoms with Crippen molar-refractivity contribution in [2.24, 2.45) is 17.8 Å². The summed E-state index contributed by atoms with van der Waals surface area (Å²) in [6.45, 7) is 8.38. The molecular formula is C38H61N7O5. The van der Waals surface area contributed by atoms with Gasteiger partial charge in [-0.15, -0.1) is 0 Å². The topological polar surface area (TPSA) is 151 Å². The number of nitrogens with one attached hydrogen (secondary N) is 3. The maximum absolute atomic E-state index is 14.4. The standard InChI is InChI=1S/C38H61N7O5/c1-26(2)20-34(46)31(21-28-14-10-8-11-15-28)41-35(47)33(23-30-24-39-25-40-30)45(7)37(49)32(22-29-16-12-9-13-17-29)42-38(50)44(6)19-18-43(5)36(48)27(3)4/h9,12-13,16-17,24-28,31-34,46H,8,10-11,14-15,18-23H2,1-7H3,(H,39,40)(H,41,47)(H,42,50)/t31-,32-,33-,34-/m0/s1. The summed E-state index contributed by atoms with van der Waals surface area (Å²) < 4.78 is 0. The molecule has 0 aliphatic heterocycles. The van der Waals surface area contributed by atoms with E-state index in [1.807, 2.05) is 44.2 Å². The Kier molecular flexibility index (Phi) is 16.2. The van der Waals surface area contributed by atoms with Gasteiger partial charge in [-0.3, -0.25) is 14.4 Å². The summed E-state index contributed by atoms with van der Waals surface area (Å²) in [5.41, 5.74) is 1.46. The Morgan fingerprint density at radius 3 is 2.16 bits per heavy atom. The molecule has 5 amide bonds. The van der Waals surface area contributed by atoms with Crippen molar-refractivity contribution in [3.63, 3.8) is 0 Å². The molecule has 0 bridgehead atoms. The fourth-order valence-electron chi connectivity index (χ4n) is 6.69. The fourth-order valence-corrected chi connectivity index (χ4v) is 6.69. The zero-order chi connectivity index (χ0) is 36.8. The molecule has 0 unspecified atom stereocenters. The van der Waals surface area contributed by atoms with Gasteiger partial charge in [-0.05, 0) is 30.2 Å². The highest BCUT2D eigenvalue weighted by Crippen LogP contribution is 2.29. The number of H-pyrrole nitrogens is 1. The highest BCUT2D eigenvalue weighted by atomic mass is 16.3. The minimum atomic E-state index is -0.980. The van der Waals surface area contributed by atoms with E-state index in [-0.39, 0.29) is 43.0 Å². The van der Waals surface area contributed by atoms with Crippen LogP contribution in [0.2, 0.25) is 0 Å². The van der Waals surface area contributed by atoms with E-state index in [2.05, 4.69) is 34.4 Å². The predicted molar refractivity (Wildman–Crippen MR) is 195 cm³/mol. The predicted octanol–water partition coefficient (Wildman–Crippen LogP) is 4.01. The third-order valence-corrected chi connectivity index (χ3v) is 9.76. The van der Waals surface area contributed by atoms with Crippen LogP contribution in [0.15, 0.2) is 42.9 Å². The van der Waals surface area contributed by atoms with E-state index in [4.69, 9.17) is 0 Å². The maximum Gasteiger partial charge on any atom is 0.317 e. The molecule has 4 atom stereocenters. The summed E-state index contributed by atoms with van der Waals surface area (Å²) >= 11 is 0. The van der Waals surface area contributed by atoms with Gasteiger partial charge in [0.1, 0.15) is 12.1 Å². The van der Waals surface area contributed by atoms with Crippen LogP contribution in [0, 0.1) is 17.8 Å². The van der Waals surface area contributed by atoms with Gasteiger partial charge in [-0.1, -0.05) is 90.1 Å². The van der Waals surface area contributed by atoms with Gasteiger partial charge in [0, 0.05) is 59.2 Å². The molecule has 12 nitrogen and oxygen atoms in total. The Bertz CT molecular complexity index is 1330. The first-order valence-electron chi connectivity index (χ1n) is 18.3. The molecule has 1 aromatic carbocycles. The number of aromatic amines is 1. The second-order valence-electron chi connectivity index (χ2n) is 14.8. The molecule has 0 radical (unpaired) electrons. The molecule has 3 rings (SSSR count). The van der Waals surface area contributed by atoms with E-state index < -0.39 is 36.2 Å². The number of benzene rings is 1. The van der Waals surface area contributed by atoms with Gasteiger partial charge >= 0.3 is 6.03 Å². The van der Waals surface area contributed by atoms with Crippen molar-refractivity contribution in [1.29, 1.82) is 0 Å². The van der Waals surface area contributed by atoms with E-state index in [1.165, 1.54) is 22.5 Å². The zero-order valence-electron chi connectivity index (χ0n) is 31.2. The van der Waals surface area contributed by atoms with Crippen molar-refractivity contribution < 1.29 is 24.3 Å². The van der Waals surface area contributed by atoms with Gasteiger partial charge in [0.05, 0.1) is 24.2 Å². The van der Waals surface area contributed by atoms with Crippen molar-refractivity contribution in [3.8, 4) is 0 Å². The highest BCUT2D eigenvalue weighted by molar-refractivity contribution is 5.92. The van der Waals surface area contributed by atoms with Crippen LogP contribution in [-0.4, -0.2) is 112 Å². The van der Waals surface area contributed by atoms with Crippen LogP contribution < -0.4 is 10.6 Å². The highest BCUT2D eigenvalue weighted by Gasteiger charge is 2.36. The SMILES string of the molecule is CC(C)C[C@H](O)[C@H](CC1CCCCC1)NC(=O)[C@H](Cc1c[nH]cn1)N(C)C(=O)[C@H](Cc1ccccc1)NC(=O)N(C)CCN(C)C(=O)C(C)C. The number of rotatable bonds is 18. The second kappa shape index (κ2) is 20.1. The first-order chi connectivity index (χ1) is 23.8. The van der Waals surface area contributed by atoms with Gasteiger partial charge in [0.2, 0.25) is 17.7 Å². The molecule has 50 heavy (non-hydrogen) atoms. The Hall–Kier alpha value is -3.93. The summed E-state index contributed by atoms with van der Waals surface area (Å²) in [5.74, 6) is -0.300. The van der Waals surface area contributed by atoms with Crippen LogP contribution in [0.25, 0.3) is 0 Å². The van der Waals surface area contributed by atoms with Crippen LogP contribution in [0.1, 0.15) is 83.9 Å². The van der Waals surface area contributed by atoms with Crippen molar-refractivity contribution >= 4 is 23.8 Å². The summed E-state index contributed by atoms with van der Waals surface area (Å²) in [6, 6.07) is 6.57. The number of nitrogens with zero attached hydrogens (tertiary/aromatic N) is 4. The summed E-state index contributed by atoms with van der Waals surface area (Å²) in [4.78, 5) is 66.2. The summed E-state index contributed by atoms with van der Waals surface area (Å²) in [6.07, 6.45) is 9.79. The second-order valence-corrected chi connectivity index (χ2v) is 14.8. The van der Waals surface area contributed by atoms with Gasteiger partial charge in [-0.25, -0.2) is 9.78 Å². The Morgan fingerprint density at radius 1 is 0.900 bits per heavy atom. The van der Waals surface area contributed by atoms with Crippen LogP contribution in [0.4, 0.5) is 4.79 Å². The molecule has 12 heteroatoms. The van der Waals surface area contributed by atoms with E-state index in [0.29, 0.717) is 31.0 Å². The normalized spacial score (nSPS) is 16.0. The maximum atomic E-state index is 14.4. The minimum absolute atomic E-state index is 0.0171. The first kappa shape index (κ1) is 40.5. The van der Waals surface area contributed by atoms with Crippen LogP contribution in [-0.2, 0) is 27.2 Å². The van der Waals surface area contributed by atoms with Crippen molar-refractivity contribution in [2.75, 3.05) is 34.2 Å². The summed E-state index contributed by atoms with van der Waals surface area (Å²) in [7, 11) is 4.91. The van der Waals surface area contributed by atoms with Crippen molar-refractivity contribution in [1.82, 2.24) is 35.3 Å². The minimum Gasteiger partial charge on any atom is -0.391 e. The molecule has 1 aliphatic rings. The average Bonchev–Trinajstić information content (AvgIpc) is 3.61. The number of imidazole rings is 1. The number of urea groups is 1. The lowest BCUT2D eigenvalue weighted by molar-refractivity contribution is -0.141. The number of hydrogen-bond acceptors (Lipinski definition) is 6. The Balaban J connectivity index is 1.84. The third-order valence-electron chi connectivity index (χ3n) is 9.76. The molecular weight excluding hydrogens is 634 g/mol. The van der Waals surface area contributed by atoms with Gasteiger partial charge < -0.3 is 35.4 Å². The van der Waals surface area contributed by atoms with E-state index in [1.54, 1.807) is 32.2 Å². The number of carbonyl (C=O) groups is 4. The Morgan fingerprint density at radius 2 is 1.56 bits per heavy atom. The van der Waals surface area contributed by atoms with Gasteiger partial charge in [0.15, 0.2) is 0 Å². The smallest absolute Gasteiger partial charge is 0.317 e. The number of carbonyl (C=O) groups excluding carboxylic acids is 4. The number of amides is 5. The van der Waals surface area contributed by atoms with Gasteiger partial charge in [0.25, 0.3) is 0 Å². The molecule has 1 heterocycles. The quantitative estimate of drug-likeness (QED) is 0.185. The number of aliphatic hydroxyl groups is 1. The first-order valence-corrected chi connectivity index (χ1v) is 18.3. The number of aromatic nitrogens is 2. The van der Waals surface area contributed by atoms with E-state index in [9.17, 15) is 24.3 Å². The monoisotopic (exact) mass is 695 g/mol. The lowest BCUT2D eigenvalue weighted by Gasteiger charge is -2.35. The molecule has 1 fully saturated rings. The van der Waals surface area contributed by atoms with Crippen LogP contribution >= 0.6 is 0 Å². The zero-order valence-corrected chi connectivity index (χ0v) is 31.2. The average molecular weight is 696 g/mol. The molecule has 4 N–H and O–H groups in total. The molecule has 1 aliphatic carbocycles. The van der Waals surface area contributed by atoms with Crippen LogP contribution in [0.3, 0.4) is 0 Å². The molecule has 0 saturated heterocycles. The molecule has 278 valence electrons. The lowest BCUT2D eigenvalue weighted by atomic mass is 9.82. The van der Waals surface area contributed by atoms with Crippen molar-refractivity contribution in [3.05, 3.63) is 54.1 Å². The largest absolute Gasteiger partial charge is 0.391 e. The molecule has 1 saturated carbocycles. The van der Waals surface area contributed by atoms with E-state index >= 15 is 0 Å². The van der Waals surface area contributed by atoms with Gasteiger partial charge in [-0.2, -0.15) is 0 Å². The third kappa shape index (κ3) is 12.8. The number of aliphatic hydroxyl groups excluding tert-OH is 1. The number of likely N-dealkylation sites (N-methyl/N-ethyl adjacent to an activating group) is 3.